The Labute approximate surface area is 167 Å². The van der Waals surface area contributed by atoms with Crippen molar-refractivity contribution in [3.8, 4) is 0 Å². The van der Waals surface area contributed by atoms with Crippen LogP contribution in [-0.2, 0) is 4.79 Å². The van der Waals surface area contributed by atoms with E-state index >= 15 is 0 Å². The average molecular weight is 406 g/mol. The maximum atomic E-state index is 12.3. The van der Waals surface area contributed by atoms with Crippen molar-refractivity contribution in [2.45, 2.75) is 38.3 Å². The maximum Gasteiger partial charge on any atom is 0.222 e. The molecule has 2 unspecified atom stereocenters. The summed E-state index contributed by atoms with van der Waals surface area (Å²) in [7, 11) is 0. The first-order valence-electron chi connectivity index (χ1n) is 8.68. The largest absolute Gasteiger partial charge is 0.372 e. The van der Waals surface area contributed by atoms with E-state index in [1.54, 1.807) is 0 Å². The van der Waals surface area contributed by atoms with E-state index in [0.29, 0.717) is 12.5 Å². The van der Waals surface area contributed by atoms with Gasteiger partial charge >= 0.3 is 0 Å². The smallest absolute Gasteiger partial charge is 0.222 e. The second-order valence-electron chi connectivity index (χ2n) is 6.51. The molecule has 2 aliphatic rings. The summed E-state index contributed by atoms with van der Waals surface area (Å²) in [6.07, 6.45) is 3.13. The number of thioether (sulfide) groups is 1. The van der Waals surface area contributed by atoms with Crippen molar-refractivity contribution in [2.75, 3.05) is 36.0 Å². The van der Waals surface area contributed by atoms with Crippen LogP contribution in [0.15, 0.2) is 24.3 Å². The van der Waals surface area contributed by atoms with Gasteiger partial charge in [0.05, 0.1) is 6.04 Å². The molecule has 1 aromatic carbocycles. The van der Waals surface area contributed by atoms with Crippen LogP contribution in [0.1, 0.15) is 37.8 Å². The van der Waals surface area contributed by atoms with E-state index in [9.17, 15) is 4.79 Å². The van der Waals surface area contributed by atoms with Crippen LogP contribution in [0.2, 0.25) is 0 Å². The third-order valence-electron chi connectivity index (χ3n) is 4.65. The molecule has 2 heterocycles. The summed E-state index contributed by atoms with van der Waals surface area (Å²) in [6, 6.07) is 8.99. The van der Waals surface area contributed by atoms with Gasteiger partial charge in [-0.05, 0) is 37.5 Å². The molecule has 2 atom stereocenters. The van der Waals surface area contributed by atoms with Gasteiger partial charge in [-0.2, -0.15) is 11.8 Å². The standard InChI is InChI=1S/C18H27N3OS.2ClH/c1-14(20-18(22)12-16-13-23-10-7-19-16)15-5-4-6-17(11-15)21-8-2-3-9-21;;/h4-6,11,14,16,19H,2-3,7-10,12-13H2,1H3,(H,20,22);2*1H. The first-order valence-corrected chi connectivity index (χ1v) is 9.83. The number of carbonyl (C=O) groups is 1. The highest BCUT2D eigenvalue weighted by atomic mass is 35.5. The highest BCUT2D eigenvalue weighted by molar-refractivity contribution is 7.99. The molecule has 1 aromatic rings. The minimum absolute atomic E-state index is 0. The lowest BCUT2D eigenvalue weighted by atomic mass is 10.1. The minimum Gasteiger partial charge on any atom is -0.372 e. The average Bonchev–Trinajstić information content (AvgIpc) is 3.10. The molecule has 0 saturated carbocycles. The van der Waals surface area contributed by atoms with Gasteiger partial charge in [0.15, 0.2) is 0 Å². The highest BCUT2D eigenvalue weighted by Gasteiger charge is 2.19. The Morgan fingerprint density at radius 3 is 2.80 bits per heavy atom. The number of hydrogen-bond donors (Lipinski definition) is 2. The van der Waals surface area contributed by atoms with Crippen molar-refractivity contribution in [3.63, 3.8) is 0 Å². The maximum absolute atomic E-state index is 12.3. The van der Waals surface area contributed by atoms with E-state index in [-0.39, 0.29) is 36.8 Å². The number of nitrogens with zero attached hydrogens (tertiary/aromatic N) is 1. The quantitative estimate of drug-likeness (QED) is 0.787. The molecule has 7 heteroatoms. The molecule has 2 fully saturated rings. The molecular formula is C18H29Cl2N3OS. The van der Waals surface area contributed by atoms with E-state index in [4.69, 9.17) is 0 Å². The molecule has 2 saturated heterocycles. The number of carbonyl (C=O) groups excluding carboxylic acids is 1. The SMILES string of the molecule is CC(NC(=O)CC1CSCCN1)c1cccc(N2CCCC2)c1.Cl.Cl. The third kappa shape index (κ3) is 6.55. The molecule has 2 aliphatic heterocycles. The molecule has 25 heavy (non-hydrogen) atoms. The summed E-state index contributed by atoms with van der Waals surface area (Å²) < 4.78 is 0. The van der Waals surface area contributed by atoms with E-state index in [2.05, 4.69) is 46.7 Å². The summed E-state index contributed by atoms with van der Waals surface area (Å²) in [5, 5.41) is 6.58. The lowest BCUT2D eigenvalue weighted by Crippen LogP contribution is -2.41. The van der Waals surface area contributed by atoms with Crippen molar-refractivity contribution < 1.29 is 4.79 Å². The van der Waals surface area contributed by atoms with Gasteiger partial charge in [-0.3, -0.25) is 4.79 Å². The third-order valence-corrected chi connectivity index (χ3v) is 5.78. The first kappa shape index (κ1) is 22.4. The molecule has 0 aliphatic carbocycles. The summed E-state index contributed by atoms with van der Waals surface area (Å²) in [4.78, 5) is 14.7. The lowest BCUT2D eigenvalue weighted by molar-refractivity contribution is -0.122. The molecule has 2 N–H and O–H groups in total. The minimum atomic E-state index is 0. The predicted molar refractivity (Wildman–Crippen MR) is 113 cm³/mol. The van der Waals surface area contributed by atoms with Gasteiger partial charge < -0.3 is 15.5 Å². The Hall–Kier alpha value is -0.620. The van der Waals surface area contributed by atoms with Gasteiger partial charge in [-0.25, -0.2) is 0 Å². The number of hydrogen-bond acceptors (Lipinski definition) is 4. The normalized spacial score (nSPS) is 21.0. The molecule has 1 amide bonds. The molecule has 0 bridgehead atoms. The molecule has 0 aromatic heterocycles. The Morgan fingerprint density at radius 1 is 1.36 bits per heavy atom. The molecule has 3 rings (SSSR count). The Morgan fingerprint density at radius 2 is 2.12 bits per heavy atom. The van der Waals surface area contributed by atoms with Crippen molar-refractivity contribution in [1.29, 1.82) is 0 Å². The van der Waals surface area contributed by atoms with Gasteiger partial charge in [-0.1, -0.05) is 12.1 Å². The van der Waals surface area contributed by atoms with Gasteiger partial charge in [0.2, 0.25) is 5.91 Å². The van der Waals surface area contributed by atoms with E-state index in [1.807, 2.05) is 11.8 Å². The van der Waals surface area contributed by atoms with Gasteiger partial charge in [0.25, 0.3) is 0 Å². The summed E-state index contributed by atoms with van der Waals surface area (Å²) in [5.74, 6) is 2.33. The number of halogens is 2. The van der Waals surface area contributed by atoms with Crippen LogP contribution in [0.4, 0.5) is 5.69 Å². The van der Waals surface area contributed by atoms with E-state index in [1.165, 1.54) is 24.1 Å². The molecule has 0 spiro atoms. The van der Waals surface area contributed by atoms with Gasteiger partial charge in [0, 0.05) is 49.3 Å². The zero-order valence-electron chi connectivity index (χ0n) is 14.7. The Kier molecular flexibility index (Phi) is 10.0. The fourth-order valence-corrected chi connectivity index (χ4v) is 4.27. The highest BCUT2D eigenvalue weighted by Crippen LogP contribution is 2.24. The fourth-order valence-electron chi connectivity index (χ4n) is 3.32. The van der Waals surface area contributed by atoms with Gasteiger partial charge in [-0.15, -0.1) is 24.8 Å². The fraction of sp³-hybridized carbons (Fsp3) is 0.611. The van der Waals surface area contributed by atoms with E-state index < -0.39 is 0 Å². The number of anilines is 1. The van der Waals surface area contributed by atoms with Crippen LogP contribution >= 0.6 is 36.6 Å². The van der Waals surface area contributed by atoms with Crippen molar-refractivity contribution in [2.24, 2.45) is 0 Å². The Balaban J connectivity index is 0.00000156. The summed E-state index contributed by atoms with van der Waals surface area (Å²) >= 11 is 1.93. The monoisotopic (exact) mass is 405 g/mol. The molecule has 4 nitrogen and oxygen atoms in total. The van der Waals surface area contributed by atoms with Crippen LogP contribution in [0.25, 0.3) is 0 Å². The zero-order chi connectivity index (χ0) is 16.1. The molecule has 142 valence electrons. The lowest BCUT2D eigenvalue weighted by Gasteiger charge is -2.24. The topological polar surface area (TPSA) is 44.4 Å². The van der Waals surface area contributed by atoms with E-state index in [0.717, 1.165) is 31.1 Å². The van der Waals surface area contributed by atoms with Crippen molar-refractivity contribution in [1.82, 2.24) is 10.6 Å². The zero-order valence-corrected chi connectivity index (χ0v) is 17.2. The van der Waals surface area contributed by atoms with Crippen LogP contribution in [-0.4, -0.2) is 43.1 Å². The van der Waals surface area contributed by atoms with Crippen LogP contribution < -0.4 is 15.5 Å². The van der Waals surface area contributed by atoms with Crippen LogP contribution in [0.3, 0.4) is 0 Å². The predicted octanol–water partition coefficient (Wildman–Crippen LogP) is 3.40. The van der Waals surface area contributed by atoms with Crippen molar-refractivity contribution in [3.05, 3.63) is 29.8 Å². The second-order valence-corrected chi connectivity index (χ2v) is 7.66. The number of amides is 1. The molecule has 0 radical (unpaired) electrons. The second kappa shape index (κ2) is 11.2. The first-order chi connectivity index (χ1) is 11.2. The van der Waals surface area contributed by atoms with Crippen LogP contribution in [0.5, 0.6) is 0 Å². The van der Waals surface area contributed by atoms with Gasteiger partial charge in [0.1, 0.15) is 0 Å². The number of benzene rings is 1. The number of nitrogens with one attached hydrogen (secondary N) is 2. The summed E-state index contributed by atoms with van der Waals surface area (Å²) in [5.41, 5.74) is 2.47. The molecular weight excluding hydrogens is 377 g/mol. The van der Waals surface area contributed by atoms with Crippen LogP contribution in [0, 0.1) is 0 Å². The van der Waals surface area contributed by atoms with Crippen molar-refractivity contribution >= 4 is 48.2 Å². The Bertz CT molecular complexity index is 535. The summed E-state index contributed by atoms with van der Waals surface area (Å²) in [6.45, 7) is 5.38. The number of rotatable bonds is 5.